The molecule has 0 aliphatic carbocycles. The second kappa shape index (κ2) is 8.06. The maximum atomic E-state index is 4.54. The molecular weight excluding hydrogens is 376 g/mol. The molecule has 30 heavy (non-hydrogen) atoms. The van der Waals surface area contributed by atoms with Crippen LogP contribution in [0.2, 0.25) is 0 Å². The number of hydrogen-bond donors (Lipinski definition) is 1. The van der Waals surface area contributed by atoms with E-state index in [1.54, 1.807) is 12.7 Å². The van der Waals surface area contributed by atoms with Crippen molar-refractivity contribution >= 4 is 22.7 Å². The highest BCUT2D eigenvalue weighted by Crippen LogP contribution is 2.25. The molecule has 5 rings (SSSR count). The van der Waals surface area contributed by atoms with Crippen molar-refractivity contribution in [1.29, 1.82) is 0 Å². The summed E-state index contributed by atoms with van der Waals surface area (Å²) >= 11 is 0. The molecule has 0 atom stereocenters. The number of nitrogens with one attached hydrogen (secondary N) is 1. The third kappa shape index (κ3) is 3.56. The number of anilines is 2. The Labute approximate surface area is 175 Å². The van der Waals surface area contributed by atoms with Gasteiger partial charge in [0.2, 0.25) is 0 Å². The maximum Gasteiger partial charge on any atom is 0.168 e. The van der Waals surface area contributed by atoms with Gasteiger partial charge in [0.05, 0.1) is 17.3 Å². The number of rotatable bonds is 5. The molecular formula is C22H24N8. The van der Waals surface area contributed by atoms with Gasteiger partial charge in [0.1, 0.15) is 24.3 Å². The molecule has 1 fully saturated rings. The van der Waals surface area contributed by atoms with Crippen molar-refractivity contribution in [2.45, 2.75) is 32.2 Å². The lowest BCUT2D eigenvalue weighted by Gasteiger charge is -2.33. The Balaban J connectivity index is 1.30. The second-order valence-corrected chi connectivity index (χ2v) is 7.48. The van der Waals surface area contributed by atoms with Gasteiger partial charge < -0.3 is 10.2 Å². The van der Waals surface area contributed by atoms with Crippen molar-refractivity contribution in [3.63, 3.8) is 0 Å². The molecule has 0 bridgehead atoms. The molecule has 3 aromatic heterocycles. The summed E-state index contributed by atoms with van der Waals surface area (Å²) in [5, 5.41) is 9.10. The van der Waals surface area contributed by atoms with E-state index in [2.05, 4.69) is 48.2 Å². The number of aromatic nitrogens is 6. The first-order valence-corrected chi connectivity index (χ1v) is 10.4. The lowest BCUT2D eigenvalue weighted by Crippen LogP contribution is -2.39. The Bertz CT molecular complexity index is 1130. The molecule has 0 spiro atoms. The monoisotopic (exact) mass is 400 g/mol. The van der Waals surface area contributed by atoms with E-state index in [-0.39, 0.29) is 0 Å². The number of hydrogen-bond acceptors (Lipinski definition) is 7. The highest BCUT2D eigenvalue weighted by molar-refractivity contribution is 5.87. The van der Waals surface area contributed by atoms with E-state index in [4.69, 9.17) is 0 Å². The molecule has 1 aliphatic rings. The van der Waals surface area contributed by atoms with E-state index in [0.717, 1.165) is 66.4 Å². The van der Waals surface area contributed by atoms with Gasteiger partial charge in [-0.2, -0.15) is 5.10 Å². The van der Waals surface area contributed by atoms with Gasteiger partial charge in [0, 0.05) is 30.9 Å². The molecule has 1 aromatic carbocycles. The molecule has 1 saturated heterocycles. The van der Waals surface area contributed by atoms with Crippen LogP contribution in [0.25, 0.3) is 16.7 Å². The average molecular weight is 400 g/mol. The molecule has 0 radical (unpaired) electrons. The normalized spacial score (nSPS) is 14.9. The summed E-state index contributed by atoms with van der Waals surface area (Å²) in [4.78, 5) is 20.1. The van der Waals surface area contributed by atoms with Gasteiger partial charge >= 0.3 is 0 Å². The van der Waals surface area contributed by atoms with E-state index in [9.17, 15) is 0 Å². The molecule has 0 amide bonds. The number of fused-ring (bicyclic) bond motifs is 1. The lowest BCUT2D eigenvalue weighted by molar-refractivity contribution is 0.522. The molecule has 1 aliphatic heterocycles. The van der Waals surface area contributed by atoms with Crippen molar-refractivity contribution in [1.82, 2.24) is 29.7 Å². The molecule has 0 unspecified atom stereocenters. The molecule has 8 heteroatoms. The number of aryl methyl sites for hydroxylation is 1. The summed E-state index contributed by atoms with van der Waals surface area (Å²) in [5.41, 5.74) is 2.88. The van der Waals surface area contributed by atoms with Gasteiger partial charge in [-0.05, 0) is 31.4 Å². The Morgan fingerprint density at radius 2 is 1.80 bits per heavy atom. The van der Waals surface area contributed by atoms with Crippen molar-refractivity contribution in [3.05, 3.63) is 60.9 Å². The number of para-hydroxylation sites is 1. The second-order valence-electron chi connectivity index (χ2n) is 7.48. The fraction of sp³-hybridized carbons (Fsp3) is 0.318. The third-order valence-corrected chi connectivity index (χ3v) is 5.60. The van der Waals surface area contributed by atoms with E-state index in [1.807, 2.05) is 41.2 Å². The molecule has 4 aromatic rings. The molecule has 8 nitrogen and oxygen atoms in total. The van der Waals surface area contributed by atoms with Gasteiger partial charge in [0.15, 0.2) is 5.65 Å². The van der Waals surface area contributed by atoms with E-state index < -0.39 is 0 Å². The van der Waals surface area contributed by atoms with Crippen LogP contribution in [-0.4, -0.2) is 48.8 Å². The van der Waals surface area contributed by atoms with Crippen LogP contribution < -0.4 is 10.2 Å². The fourth-order valence-corrected chi connectivity index (χ4v) is 3.92. The molecule has 152 valence electrons. The zero-order valence-corrected chi connectivity index (χ0v) is 16.9. The van der Waals surface area contributed by atoms with Crippen LogP contribution in [0, 0.1) is 0 Å². The predicted octanol–water partition coefficient (Wildman–Crippen LogP) is 3.25. The Hall–Kier alpha value is -3.55. The van der Waals surface area contributed by atoms with Crippen molar-refractivity contribution in [2.75, 3.05) is 23.3 Å². The minimum Gasteiger partial charge on any atom is -0.366 e. The highest BCUT2D eigenvalue weighted by Gasteiger charge is 2.22. The quantitative estimate of drug-likeness (QED) is 0.550. The summed E-state index contributed by atoms with van der Waals surface area (Å²) in [6.07, 6.45) is 8.07. The minimum atomic E-state index is 0.354. The summed E-state index contributed by atoms with van der Waals surface area (Å²) in [5.74, 6) is 1.87. The van der Waals surface area contributed by atoms with E-state index in [1.165, 1.54) is 0 Å². The average Bonchev–Trinajstić information content (AvgIpc) is 3.25. The summed E-state index contributed by atoms with van der Waals surface area (Å²) in [7, 11) is 0. The topological polar surface area (TPSA) is 84.6 Å². The zero-order valence-electron chi connectivity index (χ0n) is 16.9. The smallest absolute Gasteiger partial charge is 0.168 e. The molecule has 4 heterocycles. The van der Waals surface area contributed by atoms with Crippen LogP contribution in [0.15, 0.2) is 55.2 Å². The fourth-order valence-electron chi connectivity index (χ4n) is 3.92. The summed E-state index contributed by atoms with van der Waals surface area (Å²) in [6, 6.07) is 12.5. The first kappa shape index (κ1) is 18.5. The van der Waals surface area contributed by atoms with Gasteiger partial charge in [-0.3, -0.25) is 0 Å². The lowest BCUT2D eigenvalue weighted by atomic mass is 10.0. The predicted molar refractivity (Wildman–Crippen MR) is 117 cm³/mol. The van der Waals surface area contributed by atoms with Crippen LogP contribution >= 0.6 is 0 Å². The van der Waals surface area contributed by atoms with Crippen molar-refractivity contribution < 1.29 is 0 Å². The van der Waals surface area contributed by atoms with Crippen LogP contribution in [0.5, 0.6) is 0 Å². The number of piperidine rings is 1. The Kier molecular flexibility index (Phi) is 4.96. The van der Waals surface area contributed by atoms with E-state index >= 15 is 0 Å². The van der Waals surface area contributed by atoms with Gasteiger partial charge in [-0.15, -0.1) is 0 Å². The maximum absolute atomic E-state index is 4.54. The van der Waals surface area contributed by atoms with Crippen molar-refractivity contribution in [2.24, 2.45) is 0 Å². The van der Waals surface area contributed by atoms with Crippen molar-refractivity contribution in [3.8, 4) is 5.69 Å². The van der Waals surface area contributed by atoms with Crippen LogP contribution in [0.3, 0.4) is 0 Å². The Morgan fingerprint density at radius 1 is 1.00 bits per heavy atom. The summed E-state index contributed by atoms with van der Waals surface area (Å²) < 4.78 is 1.85. The van der Waals surface area contributed by atoms with Gasteiger partial charge in [-0.1, -0.05) is 25.1 Å². The standard InChI is InChI=1S/C22H24N8/c1-2-16-12-20(24-14-23-16)29-10-8-17(9-11-29)28-21-19-13-27-30(22(19)26-15-25-21)18-6-4-3-5-7-18/h3-7,12-15,17H,2,8-11H2,1H3,(H,25,26,28). The first-order chi connectivity index (χ1) is 14.8. The zero-order chi connectivity index (χ0) is 20.3. The van der Waals surface area contributed by atoms with Gasteiger partial charge in [0.25, 0.3) is 0 Å². The molecule has 1 N–H and O–H groups in total. The minimum absolute atomic E-state index is 0.354. The number of nitrogens with zero attached hydrogens (tertiary/aromatic N) is 7. The highest BCUT2D eigenvalue weighted by atomic mass is 15.3. The van der Waals surface area contributed by atoms with Gasteiger partial charge in [-0.25, -0.2) is 24.6 Å². The van der Waals surface area contributed by atoms with Crippen LogP contribution in [0.4, 0.5) is 11.6 Å². The first-order valence-electron chi connectivity index (χ1n) is 10.4. The third-order valence-electron chi connectivity index (χ3n) is 5.60. The molecule has 0 saturated carbocycles. The largest absolute Gasteiger partial charge is 0.366 e. The SMILES string of the molecule is CCc1cc(N2CCC(Nc3ncnc4c3cnn4-c3ccccc3)CC2)ncn1. The number of benzene rings is 1. The Morgan fingerprint density at radius 3 is 2.60 bits per heavy atom. The van der Waals surface area contributed by atoms with Crippen LogP contribution in [0.1, 0.15) is 25.5 Å². The summed E-state index contributed by atoms with van der Waals surface area (Å²) in [6.45, 7) is 4.02. The van der Waals surface area contributed by atoms with Crippen LogP contribution in [-0.2, 0) is 6.42 Å². The van der Waals surface area contributed by atoms with E-state index in [0.29, 0.717) is 6.04 Å².